The number of H-pyrrole nitrogens is 1. The Morgan fingerprint density at radius 1 is 1.19 bits per heavy atom. The van der Waals surface area contributed by atoms with Gasteiger partial charge in [-0.3, -0.25) is 9.59 Å². The van der Waals surface area contributed by atoms with Gasteiger partial charge in [0.05, 0.1) is 0 Å². The Morgan fingerprint density at radius 2 is 1.88 bits per heavy atom. The number of carbonyl (C=O) groups is 1. The molecular formula is C12H9NO3. The van der Waals surface area contributed by atoms with Crippen LogP contribution in [0.3, 0.4) is 0 Å². The van der Waals surface area contributed by atoms with Crippen LogP contribution >= 0.6 is 0 Å². The quantitative estimate of drug-likeness (QED) is 0.747. The van der Waals surface area contributed by atoms with Gasteiger partial charge >= 0.3 is 0 Å². The van der Waals surface area contributed by atoms with Crippen LogP contribution < -0.4 is 5.56 Å². The van der Waals surface area contributed by atoms with Gasteiger partial charge in [-0.2, -0.15) is 0 Å². The largest absolute Gasteiger partial charge is 0.506 e. The van der Waals surface area contributed by atoms with Crippen LogP contribution in [0.2, 0.25) is 0 Å². The number of hydrogen-bond donors (Lipinski definition) is 2. The summed E-state index contributed by atoms with van der Waals surface area (Å²) in [6.07, 6.45) is 1.74. The molecular weight excluding hydrogens is 206 g/mol. The lowest BCUT2D eigenvalue weighted by atomic mass is 10.1. The lowest BCUT2D eigenvalue weighted by Crippen LogP contribution is -2.11. The lowest BCUT2D eigenvalue weighted by Gasteiger charge is -2.05. The molecule has 0 bridgehead atoms. The van der Waals surface area contributed by atoms with Gasteiger partial charge in [0, 0.05) is 11.8 Å². The van der Waals surface area contributed by atoms with Gasteiger partial charge in [-0.05, 0) is 5.56 Å². The number of aromatic hydroxyl groups is 1. The molecule has 4 heteroatoms. The average molecular weight is 215 g/mol. The Bertz CT molecular complexity index is 573. The summed E-state index contributed by atoms with van der Waals surface area (Å²) >= 11 is 0. The standard InChI is InChI=1S/C12H9NO3/c14-7-10-11(15)9(6-13-12(10)16)8-4-2-1-3-5-8/h1-7H,(H2,13,15,16). The first-order chi connectivity index (χ1) is 7.74. The van der Waals surface area contributed by atoms with Gasteiger partial charge < -0.3 is 10.1 Å². The van der Waals surface area contributed by atoms with E-state index in [0.717, 1.165) is 5.56 Å². The third kappa shape index (κ3) is 1.61. The predicted molar refractivity (Wildman–Crippen MR) is 59.6 cm³/mol. The summed E-state index contributed by atoms with van der Waals surface area (Å²) in [5.41, 5.74) is 0.329. The van der Waals surface area contributed by atoms with Crippen LogP contribution in [0.1, 0.15) is 10.4 Å². The highest BCUT2D eigenvalue weighted by molar-refractivity contribution is 5.84. The molecule has 2 rings (SSSR count). The predicted octanol–water partition coefficient (Wildman–Crippen LogP) is 1.56. The van der Waals surface area contributed by atoms with Crippen LogP contribution in [-0.4, -0.2) is 16.4 Å². The topological polar surface area (TPSA) is 70.2 Å². The van der Waals surface area contributed by atoms with Crippen LogP contribution in [0.25, 0.3) is 11.1 Å². The van der Waals surface area contributed by atoms with E-state index in [1.54, 1.807) is 24.3 Å². The number of aldehydes is 1. The Kier molecular flexibility index (Phi) is 2.55. The number of nitrogens with one attached hydrogen (secondary N) is 1. The molecule has 1 heterocycles. The molecule has 80 valence electrons. The van der Waals surface area contributed by atoms with Crippen molar-refractivity contribution in [2.75, 3.05) is 0 Å². The van der Waals surface area contributed by atoms with Crippen LogP contribution in [0, 0.1) is 0 Å². The van der Waals surface area contributed by atoms with Crippen molar-refractivity contribution in [2.24, 2.45) is 0 Å². The van der Waals surface area contributed by atoms with E-state index >= 15 is 0 Å². The summed E-state index contributed by atoms with van der Waals surface area (Å²) in [5, 5.41) is 9.77. The zero-order valence-corrected chi connectivity index (χ0v) is 8.31. The van der Waals surface area contributed by atoms with Gasteiger partial charge in [0.2, 0.25) is 0 Å². The monoisotopic (exact) mass is 215 g/mol. The van der Waals surface area contributed by atoms with Crippen molar-refractivity contribution in [3.8, 4) is 16.9 Å². The summed E-state index contributed by atoms with van der Waals surface area (Å²) in [4.78, 5) is 24.3. The number of benzene rings is 1. The number of hydrogen-bond acceptors (Lipinski definition) is 3. The van der Waals surface area contributed by atoms with E-state index < -0.39 is 5.56 Å². The first-order valence-electron chi connectivity index (χ1n) is 4.69. The molecule has 0 atom stereocenters. The highest BCUT2D eigenvalue weighted by Gasteiger charge is 2.11. The number of aromatic nitrogens is 1. The summed E-state index contributed by atoms with van der Waals surface area (Å²) in [6.45, 7) is 0. The molecule has 16 heavy (non-hydrogen) atoms. The molecule has 0 aliphatic heterocycles. The molecule has 0 saturated carbocycles. The molecule has 0 unspecified atom stereocenters. The van der Waals surface area contributed by atoms with Crippen molar-refractivity contribution in [1.29, 1.82) is 0 Å². The smallest absolute Gasteiger partial charge is 0.262 e. The number of pyridine rings is 1. The molecule has 0 fully saturated rings. The first-order valence-corrected chi connectivity index (χ1v) is 4.69. The molecule has 2 aromatic rings. The SMILES string of the molecule is O=Cc1c(O)c(-c2ccccc2)c[nH]c1=O. The molecule has 0 saturated heterocycles. The van der Waals surface area contributed by atoms with Gasteiger partial charge in [-0.25, -0.2) is 0 Å². The van der Waals surface area contributed by atoms with Crippen LogP contribution in [-0.2, 0) is 0 Å². The molecule has 0 radical (unpaired) electrons. The summed E-state index contributed by atoms with van der Waals surface area (Å²) in [7, 11) is 0. The Labute approximate surface area is 91.2 Å². The maximum absolute atomic E-state index is 11.2. The highest BCUT2D eigenvalue weighted by atomic mass is 16.3. The molecule has 0 aliphatic rings. The Balaban J connectivity index is 2.69. The van der Waals surface area contributed by atoms with E-state index in [0.29, 0.717) is 11.8 Å². The average Bonchev–Trinajstić information content (AvgIpc) is 2.31. The van der Waals surface area contributed by atoms with E-state index in [2.05, 4.69) is 4.98 Å². The second-order valence-corrected chi connectivity index (χ2v) is 3.28. The Hall–Kier alpha value is -2.36. The molecule has 1 aromatic carbocycles. The van der Waals surface area contributed by atoms with Gasteiger partial charge in [0.1, 0.15) is 11.3 Å². The van der Waals surface area contributed by atoms with Crippen molar-refractivity contribution in [1.82, 2.24) is 4.98 Å². The van der Waals surface area contributed by atoms with Gasteiger partial charge in [0.25, 0.3) is 5.56 Å². The molecule has 1 aromatic heterocycles. The van der Waals surface area contributed by atoms with E-state index in [1.165, 1.54) is 6.20 Å². The van der Waals surface area contributed by atoms with Crippen molar-refractivity contribution < 1.29 is 9.90 Å². The lowest BCUT2D eigenvalue weighted by molar-refractivity contribution is 0.111. The second-order valence-electron chi connectivity index (χ2n) is 3.28. The first kappa shape index (κ1) is 10.2. The summed E-state index contributed by atoms with van der Waals surface area (Å²) in [5.74, 6) is -0.287. The summed E-state index contributed by atoms with van der Waals surface area (Å²) < 4.78 is 0. The third-order valence-electron chi connectivity index (χ3n) is 2.31. The van der Waals surface area contributed by atoms with Crippen molar-refractivity contribution >= 4 is 6.29 Å². The van der Waals surface area contributed by atoms with Gasteiger partial charge in [-0.15, -0.1) is 0 Å². The normalized spacial score (nSPS) is 10.0. The Morgan fingerprint density at radius 3 is 2.50 bits per heavy atom. The third-order valence-corrected chi connectivity index (χ3v) is 2.31. The minimum absolute atomic E-state index is 0.249. The maximum atomic E-state index is 11.2. The van der Waals surface area contributed by atoms with Crippen LogP contribution in [0.15, 0.2) is 41.3 Å². The highest BCUT2D eigenvalue weighted by Crippen LogP contribution is 2.28. The van der Waals surface area contributed by atoms with Crippen molar-refractivity contribution in [3.05, 3.63) is 52.4 Å². The number of aromatic amines is 1. The fourth-order valence-corrected chi connectivity index (χ4v) is 1.48. The van der Waals surface area contributed by atoms with Crippen LogP contribution in [0.5, 0.6) is 5.75 Å². The zero-order valence-electron chi connectivity index (χ0n) is 8.31. The minimum Gasteiger partial charge on any atom is -0.506 e. The zero-order chi connectivity index (χ0) is 11.5. The van der Waals surface area contributed by atoms with Crippen molar-refractivity contribution in [2.45, 2.75) is 0 Å². The van der Waals surface area contributed by atoms with Crippen molar-refractivity contribution in [3.63, 3.8) is 0 Å². The molecule has 2 N–H and O–H groups in total. The number of rotatable bonds is 2. The van der Waals surface area contributed by atoms with E-state index in [1.807, 2.05) is 6.07 Å². The minimum atomic E-state index is -0.591. The maximum Gasteiger partial charge on any atom is 0.262 e. The van der Waals surface area contributed by atoms with E-state index in [-0.39, 0.29) is 11.3 Å². The molecule has 0 amide bonds. The molecule has 0 spiro atoms. The second kappa shape index (κ2) is 4.02. The van der Waals surface area contributed by atoms with Gasteiger partial charge in [-0.1, -0.05) is 30.3 Å². The van der Waals surface area contributed by atoms with E-state index in [9.17, 15) is 14.7 Å². The fraction of sp³-hybridized carbons (Fsp3) is 0. The number of carbonyl (C=O) groups excluding carboxylic acids is 1. The van der Waals surface area contributed by atoms with Crippen LogP contribution in [0.4, 0.5) is 0 Å². The summed E-state index contributed by atoms with van der Waals surface area (Å²) in [6, 6.07) is 9.01. The molecule has 0 aliphatic carbocycles. The molecule has 4 nitrogen and oxygen atoms in total. The van der Waals surface area contributed by atoms with Gasteiger partial charge in [0.15, 0.2) is 6.29 Å². The van der Waals surface area contributed by atoms with E-state index in [4.69, 9.17) is 0 Å². The fourth-order valence-electron chi connectivity index (χ4n) is 1.48.